The molecule has 18 heavy (non-hydrogen) atoms. The van der Waals surface area contributed by atoms with Crippen molar-refractivity contribution in [3.8, 4) is 0 Å². The van der Waals surface area contributed by atoms with Crippen molar-refractivity contribution >= 4 is 5.91 Å². The predicted octanol–water partition coefficient (Wildman–Crippen LogP) is 0.168. The molecule has 0 spiro atoms. The van der Waals surface area contributed by atoms with E-state index in [4.69, 9.17) is 0 Å². The highest BCUT2D eigenvalue weighted by Gasteiger charge is 2.37. The van der Waals surface area contributed by atoms with E-state index in [-0.39, 0.29) is 12.1 Å². The smallest absolute Gasteiger partial charge is 0.224 e. The minimum absolute atomic E-state index is 0.120. The summed E-state index contributed by atoms with van der Waals surface area (Å²) in [5.41, 5.74) is 2.52. The van der Waals surface area contributed by atoms with Gasteiger partial charge in [-0.2, -0.15) is 0 Å². The Kier molecular flexibility index (Phi) is 2.63. The maximum absolute atomic E-state index is 11.5. The van der Waals surface area contributed by atoms with Crippen LogP contribution in [0.3, 0.4) is 0 Å². The number of allylic oxidation sites excluding steroid dienone is 2. The molecule has 0 bridgehead atoms. The van der Waals surface area contributed by atoms with Crippen LogP contribution in [0.5, 0.6) is 0 Å². The highest BCUT2D eigenvalue weighted by Crippen LogP contribution is 2.35. The van der Waals surface area contributed by atoms with Gasteiger partial charge in [-0.25, -0.2) is 5.01 Å². The first kappa shape index (κ1) is 11.3. The Morgan fingerprint density at radius 1 is 1.44 bits per heavy atom. The van der Waals surface area contributed by atoms with Crippen molar-refractivity contribution in [2.75, 3.05) is 20.6 Å². The zero-order valence-corrected chi connectivity index (χ0v) is 10.7. The van der Waals surface area contributed by atoms with E-state index < -0.39 is 0 Å². The lowest BCUT2D eigenvalue weighted by Crippen LogP contribution is -2.55. The summed E-state index contributed by atoms with van der Waals surface area (Å²) in [4.78, 5) is 11.5. The van der Waals surface area contributed by atoms with Gasteiger partial charge in [-0.15, -0.1) is 0 Å². The third-order valence-corrected chi connectivity index (χ3v) is 3.70. The number of nitrogens with one attached hydrogen (secondary N) is 2. The SMILES string of the molecule is CN(C)N1C=C2CC(=O)NCC2C2=CC=CNC21. The molecule has 1 amide bonds. The Balaban J connectivity index is 2.01. The summed E-state index contributed by atoms with van der Waals surface area (Å²) in [6.45, 7) is 0.712. The Morgan fingerprint density at radius 3 is 3.06 bits per heavy atom. The van der Waals surface area contributed by atoms with Gasteiger partial charge >= 0.3 is 0 Å². The second-order valence-corrected chi connectivity index (χ2v) is 5.06. The molecule has 3 aliphatic rings. The maximum Gasteiger partial charge on any atom is 0.224 e. The molecule has 1 saturated heterocycles. The van der Waals surface area contributed by atoms with E-state index in [0.29, 0.717) is 18.9 Å². The first-order chi connectivity index (χ1) is 8.66. The third-order valence-electron chi connectivity index (χ3n) is 3.70. The van der Waals surface area contributed by atoms with Crippen LogP contribution in [0.25, 0.3) is 0 Å². The number of carbonyl (C=O) groups is 1. The topological polar surface area (TPSA) is 47.6 Å². The van der Waals surface area contributed by atoms with Gasteiger partial charge in [-0.05, 0) is 23.4 Å². The largest absolute Gasteiger partial charge is 0.367 e. The van der Waals surface area contributed by atoms with Gasteiger partial charge in [0.1, 0.15) is 6.17 Å². The normalized spacial score (nSPS) is 29.9. The molecule has 5 nitrogen and oxygen atoms in total. The van der Waals surface area contributed by atoms with E-state index in [1.54, 1.807) is 0 Å². The molecule has 5 heteroatoms. The van der Waals surface area contributed by atoms with Gasteiger partial charge in [0.05, 0.1) is 0 Å². The van der Waals surface area contributed by atoms with Crippen molar-refractivity contribution in [2.24, 2.45) is 5.92 Å². The molecule has 0 radical (unpaired) electrons. The first-order valence-corrected chi connectivity index (χ1v) is 6.22. The highest BCUT2D eigenvalue weighted by molar-refractivity contribution is 5.80. The molecule has 0 aromatic carbocycles. The highest BCUT2D eigenvalue weighted by atomic mass is 16.1. The Hall–Kier alpha value is -1.75. The number of fused-ring (bicyclic) bond motifs is 3. The van der Waals surface area contributed by atoms with Crippen LogP contribution in [-0.4, -0.2) is 42.7 Å². The number of piperidine rings is 1. The molecular weight excluding hydrogens is 228 g/mol. The van der Waals surface area contributed by atoms with E-state index >= 15 is 0 Å². The molecule has 0 saturated carbocycles. The van der Waals surface area contributed by atoms with Crippen LogP contribution in [0, 0.1) is 5.92 Å². The molecular formula is C13H18N4O. The standard InChI is InChI=1S/C13H18N4O/c1-16(2)17-8-9-6-12(18)15-7-11(9)10-4-3-5-14-13(10)17/h3-5,8,11,13-14H,6-7H2,1-2H3,(H,15,18). The summed E-state index contributed by atoms with van der Waals surface area (Å²) in [6, 6.07) is 0. The summed E-state index contributed by atoms with van der Waals surface area (Å²) < 4.78 is 0. The zero-order valence-electron chi connectivity index (χ0n) is 10.7. The molecule has 96 valence electrons. The van der Waals surface area contributed by atoms with Gasteiger partial charge in [0.15, 0.2) is 0 Å². The van der Waals surface area contributed by atoms with Crippen LogP contribution in [0.1, 0.15) is 6.42 Å². The van der Waals surface area contributed by atoms with Crippen LogP contribution in [-0.2, 0) is 4.79 Å². The average molecular weight is 246 g/mol. The Morgan fingerprint density at radius 2 is 2.28 bits per heavy atom. The van der Waals surface area contributed by atoms with Crippen LogP contribution in [0.15, 0.2) is 35.7 Å². The van der Waals surface area contributed by atoms with Crippen molar-refractivity contribution in [2.45, 2.75) is 12.6 Å². The fourth-order valence-electron chi connectivity index (χ4n) is 2.81. The molecule has 0 aromatic heterocycles. The number of hydrazine groups is 1. The van der Waals surface area contributed by atoms with Gasteiger partial charge in [-0.3, -0.25) is 9.80 Å². The van der Waals surface area contributed by atoms with Crippen molar-refractivity contribution < 1.29 is 4.79 Å². The van der Waals surface area contributed by atoms with Crippen molar-refractivity contribution in [3.05, 3.63) is 35.7 Å². The van der Waals surface area contributed by atoms with E-state index in [1.165, 1.54) is 11.1 Å². The summed E-state index contributed by atoms with van der Waals surface area (Å²) in [7, 11) is 4.02. The molecule has 1 fully saturated rings. The van der Waals surface area contributed by atoms with Gasteiger partial charge < -0.3 is 10.6 Å². The number of carbonyl (C=O) groups excluding carboxylic acids is 1. The van der Waals surface area contributed by atoms with Crippen molar-refractivity contribution in [1.82, 2.24) is 20.7 Å². The fourth-order valence-corrected chi connectivity index (χ4v) is 2.81. The van der Waals surface area contributed by atoms with Gasteiger partial charge in [0.2, 0.25) is 5.91 Å². The second-order valence-electron chi connectivity index (χ2n) is 5.06. The number of hydrogen-bond donors (Lipinski definition) is 2. The molecule has 2 atom stereocenters. The number of hydrogen-bond acceptors (Lipinski definition) is 4. The number of rotatable bonds is 1. The molecule has 0 aromatic rings. The summed E-state index contributed by atoms with van der Waals surface area (Å²) in [5.74, 6) is 0.455. The third kappa shape index (κ3) is 1.71. The predicted molar refractivity (Wildman–Crippen MR) is 68.9 cm³/mol. The molecule has 2 unspecified atom stereocenters. The minimum Gasteiger partial charge on any atom is -0.367 e. The molecule has 2 N–H and O–H groups in total. The number of nitrogens with zero attached hydrogens (tertiary/aromatic N) is 2. The summed E-state index contributed by atoms with van der Waals surface area (Å²) in [5, 5.41) is 10.5. The first-order valence-electron chi connectivity index (χ1n) is 6.22. The lowest BCUT2D eigenvalue weighted by Gasteiger charge is -2.46. The maximum atomic E-state index is 11.5. The van der Waals surface area contributed by atoms with Crippen molar-refractivity contribution in [3.63, 3.8) is 0 Å². The second kappa shape index (κ2) is 4.17. The summed E-state index contributed by atoms with van der Waals surface area (Å²) in [6.07, 6.45) is 8.92. The molecule has 3 rings (SSSR count). The van der Waals surface area contributed by atoms with Crippen LogP contribution >= 0.6 is 0 Å². The fraction of sp³-hybridized carbons (Fsp3) is 0.462. The van der Waals surface area contributed by atoms with Crippen molar-refractivity contribution in [1.29, 1.82) is 0 Å². The van der Waals surface area contributed by atoms with E-state index in [1.807, 2.05) is 31.4 Å². The van der Waals surface area contributed by atoms with E-state index in [9.17, 15) is 4.79 Å². The van der Waals surface area contributed by atoms with Gasteiger partial charge in [0.25, 0.3) is 0 Å². The molecule has 3 heterocycles. The number of amides is 1. The lowest BCUT2D eigenvalue weighted by molar-refractivity contribution is -0.121. The number of dihydropyridines is 1. The van der Waals surface area contributed by atoms with Gasteiger partial charge in [-0.1, -0.05) is 6.08 Å². The minimum atomic E-state index is 0.120. The Labute approximate surface area is 107 Å². The van der Waals surface area contributed by atoms with Crippen LogP contribution in [0.4, 0.5) is 0 Å². The van der Waals surface area contributed by atoms with E-state index in [2.05, 4.69) is 27.9 Å². The van der Waals surface area contributed by atoms with Crippen LogP contribution < -0.4 is 10.6 Å². The van der Waals surface area contributed by atoms with Gasteiger partial charge in [0, 0.05) is 39.2 Å². The summed E-state index contributed by atoms with van der Waals surface area (Å²) >= 11 is 0. The molecule has 3 aliphatic heterocycles. The quantitative estimate of drug-likeness (QED) is 0.692. The Bertz CT molecular complexity index is 464. The average Bonchev–Trinajstić information content (AvgIpc) is 2.37. The lowest BCUT2D eigenvalue weighted by atomic mass is 9.81. The zero-order chi connectivity index (χ0) is 12.7. The molecule has 0 aliphatic carbocycles. The monoisotopic (exact) mass is 246 g/mol. The van der Waals surface area contributed by atoms with Crippen LogP contribution in [0.2, 0.25) is 0 Å². The van der Waals surface area contributed by atoms with E-state index in [0.717, 1.165) is 0 Å².